The number of benzene rings is 1. The summed E-state index contributed by atoms with van der Waals surface area (Å²) >= 11 is 1.65. The Labute approximate surface area is 213 Å². The largest absolute Gasteiger partial charge is 0.497 e. The van der Waals surface area contributed by atoms with E-state index in [1.165, 1.54) is 24.8 Å². The van der Waals surface area contributed by atoms with E-state index in [9.17, 15) is 0 Å². The summed E-state index contributed by atoms with van der Waals surface area (Å²) in [7, 11) is 5.73. The average molecular weight is 573 g/mol. The van der Waals surface area contributed by atoms with E-state index in [0.29, 0.717) is 12.6 Å². The topological polar surface area (TPSA) is 65.0 Å². The van der Waals surface area contributed by atoms with Gasteiger partial charge in [0.15, 0.2) is 11.1 Å². The van der Waals surface area contributed by atoms with Crippen LogP contribution in [-0.4, -0.2) is 63.2 Å². The van der Waals surface area contributed by atoms with Crippen molar-refractivity contribution in [1.29, 1.82) is 0 Å². The zero-order valence-electron chi connectivity index (χ0n) is 19.6. The number of aromatic nitrogens is 1. The molecule has 2 aromatic rings. The van der Waals surface area contributed by atoms with Gasteiger partial charge in [-0.15, -0.1) is 35.3 Å². The molecule has 1 aliphatic heterocycles. The van der Waals surface area contributed by atoms with Crippen molar-refractivity contribution in [2.45, 2.75) is 38.8 Å². The summed E-state index contributed by atoms with van der Waals surface area (Å²) in [6, 6.07) is 8.77. The number of likely N-dealkylation sites (tertiary alicyclic amines) is 1. The van der Waals surface area contributed by atoms with Crippen LogP contribution in [0, 0.1) is 0 Å². The minimum absolute atomic E-state index is 0. The van der Waals surface area contributed by atoms with Crippen LogP contribution in [0.3, 0.4) is 0 Å². The van der Waals surface area contributed by atoms with Crippen LogP contribution in [0.25, 0.3) is 0 Å². The predicted molar refractivity (Wildman–Crippen MR) is 146 cm³/mol. The molecule has 0 radical (unpaired) electrons. The molecule has 9 heteroatoms. The number of halogens is 1. The van der Waals surface area contributed by atoms with E-state index < -0.39 is 0 Å². The molecule has 0 bridgehead atoms. The Bertz CT molecular complexity index is 820. The molecular weight excluding hydrogens is 535 g/mol. The molecule has 0 spiro atoms. The molecule has 1 aromatic heterocycles. The summed E-state index contributed by atoms with van der Waals surface area (Å²) in [6.07, 6.45) is 3.85. The number of nitrogens with zero attached hydrogens (tertiary/aromatic N) is 4. The van der Waals surface area contributed by atoms with Crippen LogP contribution >= 0.6 is 35.3 Å². The molecule has 1 atom stereocenters. The van der Waals surface area contributed by atoms with E-state index in [-0.39, 0.29) is 24.0 Å². The Hall–Kier alpha value is -1.59. The average Bonchev–Trinajstić information content (AvgIpc) is 3.28. The molecule has 0 aliphatic carbocycles. The number of aliphatic imine (C=N–C) groups is 1. The zero-order valence-corrected chi connectivity index (χ0v) is 22.8. The first-order chi connectivity index (χ1) is 15.1. The minimum Gasteiger partial charge on any atom is -0.497 e. The Morgan fingerprint density at radius 2 is 1.91 bits per heavy atom. The first-order valence-corrected chi connectivity index (χ1v) is 12.0. The van der Waals surface area contributed by atoms with E-state index in [1.807, 2.05) is 19.0 Å². The van der Waals surface area contributed by atoms with Crippen molar-refractivity contribution in [3.05, 3.63) is 40.9 Å². The van der Waals surface area contributed by atoms with Gasteiger partial charge in [0.25, 0.3) is 0 Å². The highest BCUT2D eigenvalue weighted by Crippen LogP contribution is 2.26. The maximum absolute atomic E-state index is 5.35. The monoisotopic (exact) mass is 572 g/mol. The van der Waals surface area contributed by atoms with Crippen LogP contribution in [0.1, 0.15) is 43.5 Å². The number of methoxy groups -OCH3 is 1. The quantitative estimate of drug-likeness (QED) is 0.268. The van der Waals surface area contributed by atoms with Crippen LogP contribution in [0.15, 0.2) is 34.6 Å². The smallest absolute Gasteiger partial charge is 0.191 e. The van der Waals surface area contributed by atoms with Crippen molar-refractivity contribution in [2.24, 2.45) is 4.99 Å². The second kappa shape index (κ2) is 13.8. The Kier molecular flexibility index (Phi) is 11.5. The fourth-order valence-corrected chi connectivity index (χ4v) is 4.53. The zero-order chi connectivity index (χ0) is 22.1. The number of rotatable bonds is 9. The van der Waals surface area contributed by atoms with E-state index in [4.69, 9.17) is 9.73 Å². The van der Waals surface area contributed by atoms with Gasteiger partial charge in [-0.3, -0.25) is 4.90 Å². The molecule has 1 aliphatic rings. The van der Waals surface area contributed by atoms with Crippen molar-refractivity contribution in [3.8, 4) is 5.75 Å². The highest BCUT2D eigenvalue weighted by Gasteiger charge is 2.22. The van der Waals surface area contributed by atoms with Crippen LogP contribution in [0.5, 0.6) is 5.75 Å². The van der Waals surface area contributed by atoms with Gasteiger partial charge in [-0.2, -0.15) is 0 Å². The second-order valence-corrected chi connectivity index (χ2v) is 8.81. The molecule has 2 heterocycles. The Balaban J connectivity index is 0.00000363. The molecule has 2 N–H and O–H groups in total. The summed E-state index contributed by atoms with van der Waals surface area (Å²) in [5.74, 6) is 1.72. The molecule has 1 fully saturated rings. The Morgan fingerprint density at radius 3 is 2.50 bits per heavy atom. The van der Waals surface area contributed by atoms with Gasteiger partial charge in [0.05, 0.1) is 25.4 Å². The lowest BCUT2D eigenvalue weighted by molar-refractivity contribution is 0.164. The minimum atomic E-state index is 0. The summed E-state index contributed by atoms with van der Waals surface area (Å²) < 4.78 is 5.35. The van der Waals surface area contributed by atoms with Gasteiger partial charge in [0.2, 0.25) is 0 Å². The van der Waals surface area contributed by atoms with Gasteiger partial charge < -0.3 is 20.3 Å². The molecule has 3 rings (SSSR count). The summed E-state index contributed by atoms with van der Waals surface area (Å²) in [5.41, 5.74) is 2.30. The number of ether oxygens (including phenoxy) is 1. The predicted octanol–water partition coefficient (Wildman–Crippen LogP) is 4.12. The maximum atomic E-state index is 5.35. The number of piperidine rings is 1. The molecule has 0 amide bonds. The Morgan fingerprint density at radius 1 is 1.19 bits per heavy atom. The molecule has 1 saturated heterocycles. The van der Waals surface area contributed by atoms with Crippen molar-refractivity contribution in [3.63, 3.8) is 0 Å². The SMILES string of the molecule is CCNC(=NCc1csc(N(C)C)n1)NCC(c1ccc(OC)cc1)N1CCCCC1.I. The maximum Gasteiger partial charge on any atom is 0.191 e. The fourth-order valence-electron chi connectivity index (χ4n) is 3.78. The number of anilines is 1. The first-order valence-electron chi connectivity index (χ1n) is 11.1. The third kappa shape index (κ3) is 7.77. The van der Waals surface area contributed by atoms with Gasteiger partial charge in [0, 0.05) is 32.6 Å². The van der Waals surface area contributed by atoms with E-state index >= 15 is 0 Å². The number of thiazole rings is 1. The van der Waals surface area contributed by atoms with E-state index in [0.717, 1.165) is 48.7 Å². The van der Waals surface area contributed by atoms with Gasteiger partial charge in [-0.05, 0) is 50.6 Å². The van der Waals surface area contributed by atoms with Crippen LogP contribution < -0.4 is 20.3 Å². The highest BCUT2D eigenvalue weighted by molar-refractivity contribution is 14.0. The lowest BCUT2D eigenvalue weighted by Gasteiger charge is -2.35. The van der Waals surface area contributed by atoms with Crippen molar-refractivity contribution in [2.75, 3.05) is 52.3 Å². The number of guanidine groups is 1. The van der Waals surface area contributed by atoms with Crippen LogP contribution in [0.4, 0.5) is 5.13 Å². The van der Waals surface area contributed by atoms with Gasteiger partial charge in [-0.25, -0.2) is 9.98 Å². The van der Waals surface area contributed by atoms with Gasteiger partial charge >= 0.3 is 0 Å². The summed E-state index contributed by atoms with van der Waals surface area (Å²) in [5, 5.41) is 10.0. The molecule has 1 unspecified atom stereocenters. The van der Waals surface area contributed by atoms with E-state index in [1.54, 1.807) is 18.4 Å². The van der Waals surface area contributed by atoms with Crippen molar-refractivity contribution >= 4 is 46.4 Å². The number of hydrogen-bond donors (Lipinski definition) is 2. The van der Waals surface area contributed by atoms with Crippen molar-refractivity contribution < 1.29 is 4.74 Å². The lowest BCUT2D eigenvalue weighted by Crippen LogP contribution is -2.44. The van der Waals surface area contributed by atoms with E-state index in [2.05, 4.69) is 57.1 Å². The van der Waals surface area contributed by atoms with Gasteiger partial charge in [0.1, 0.15) is 5.75 Å². The standard InChI is InChI=1S/C23H36N6OS.HI/c1-5-24-22(25-15-19-17-31-23(27-19)28(2)3)26-16-21(29-13-7-6-8-14-29)18-9-11-20(30-4)12-10-18;/h9-12,17,21H,5-8,13-16H2,1-4H3,(H2,24,25,26);1H. The lowest BCUT2D eigenvalue weighted by atomic mass is 10.0. The fraction of sp³-hybridized carbons (Fsp3) is 0.565. The normalized spacial score (nSPS) is 15.6. The molecular formula is C23H37IN6OS. The highest BCUT2D eigenvalue weighted by atomic mass is 127. The van der Waals surface area contributed by atoms with Gasteiger partial charge in [-0.1, -0.05) is 18.6 Å². The molecule has 1 aromatic carbocycles. The second-order valence-electron chi connectivity index (χ2n) is 7.98. The third-order valence-electron chi connectivity index (χ3n) is 5.46. The summed E-state index contributed by atoms with van der Waals surface area (Å²) in [4.78, 5) is 14.0. The molecule has 0 saturated carbocycles. The number of hydrogen-bond acceptors (Lipinski definition) is 6. The van der Waals surface area contributed by atoms with Crippen LogP contribution in [-0.2, 0) is 6.54 Å². The number of nitrogens with one attached hydrogen (secondary N) is 2. The molecule has 7 nitrogen and oxygen atoms in total. The third-order valence-corrected chi connectivity index (χ3v) is 6.52. The van der Waals surface area contributed by atoms with Crippen LogP contribution in [0.2, 0.25) is 0 Å². The van der Waals surface area contributed by atoms with Crippen molar-refractivity contribution in [1.82, 2.24) is 20.5 Å². The molecule has 178 valence electrons. The molecule has 32 heavy (non-hydrogen) atoms. The summed E-state index contributed by atoms with van der Waals surface area (Å²) in [6.45, 7) is 6.56. The first kappa shape index (κ1) is 26.7.